The summed E-state index contributed by atoms with van der Waals surface area (Å²) < 4.78 is 69.3. The third-order valence-corrected chi connectivity index (χ3v) is 25.5. The van der Waals surface area contributed by atoms with E-state index in [9.17, 15) is 57.9 Å². The Balaban J connectivity index is 5.12. The minimum atomic E-state index is -4.86. The average Bonchev–Trinajstić information content (AvgIpc) is 0.902. The Labute approximate surface area is 714 Å². The van der Waals surface area contributed by atoms with Gasteiger partial charge in [-0.25, -0.2) is 9.13 Å². The van der Waals surface area contributed by atoms with Gasteiger partial charge in [0.2, 0.25) is 11.8 Å². The Morgan fingerprint density at radius 3 is 0.664 bits per heavy atom. The van der Waals surface area contributed by atoms with Crippen LogP contribution in [0.2, 0.25) is 0 Å². The number of aliphatic hydroxyl groups excluding tert-OH is 2. The number of hydrogen-bond donors (Lipinski definition) is 6. The summed E-state index contributed by atoms with van der Waals surface area (Å²) in [5, 5.41) is 25.2. The van der Waals surface area contributed by atoms with E-state index in [-0.39, 0.29) is 63.2 Å². The highest BCUT2D eigenvalue weighted by Gasteiger charge is 2.30. The highest BCUT2D eigenvalue weighted by atomic mass is 33.1. The lowest BCUT2D eigenvalue weighted by molar-refractivity contribution is -0.161. The number of aliphatic hydroxyl groups is 2. The van der Waals surface area contributed by atoms with E-state index in [1.807, 2.05) is 0 Å². The molecule has 0 radical (unpaired) electrons. The summed E-state index contributed by atoms with van der Waals surface area (Å²) in [6, 6.07) is -2.19. The minimum Gasteiger partial charge on any atom is -0.462 e. The summed E-state index contributed by atoms with van der Waals surface area (Å²) in [6.45, 7) is 4.45. The molecule has 0 fully saturated rings. The summed E-state index contributed by atoms with van der Waals surface area (Å²) in [4.78, 5) is 99.0. The minimum absolute atomic E-state index is 0.0288. The maximum Gasteiger partial charge on any atom is 0.472 e. The zero-order chi connectivity index (χ0) is 85.0. The van der Waals surface area contributed by atoms with Gasteiger partial charge in [-0.05, 0) is 25.7 Å². The SMILES string of the molecule is CCCCCCCCCCCCCCCCCC(=O)OC[C@H](COP(=O)(O)OC[C@@H](CO)NC(=O)CCSSCCC(=O)N[C@H](CO)COP(=O)(O)OC[C@@H](COC(=O)CCCCCCCCCCCCCCCCC)OC(=O)CCCCCCCCCCCCCCCCC)OC(=O)CCCCCCCCCCCCCCCCC. The van der Waals surface area contributed by atoms with Gasteiger partial charge < -0.3 is 49.6 Å². The number of rotatable bonds is 93. The van der Waals surface area contributed by atoms with Crippen molar-refractivity contribution in [3.8, 4) is 0 Å². The first-order valence-electron chi connectivity index (χ1n) is 47.4. The molecule has 686 valence electrons. The molecule has 0 aromatic heterocycles. The van der Waals surface area contributed by atoms with Crippen LogP contribution in [-0.4, -0.2) is 144 Å². The Kier molecular flexibility index (Phi) is 84.5. The summed E-state index contributed by atoms with van der Waals surface area (Å²) >= 11 is 0. The van der Waals surface area contributed by atoms with Crippen LogP contribution in [-0.2, 0) is 74.9 Å². The molecule has 0 aromatic carbocycles. The number of phosphoric ester groups is 2. The lowest BCUT2D eigenvalue weighted by Crippen LogP contribution is -2.41. The van der Waals surface area contributed by atoms with Crippen molar-refractivity contribution in [3.63, 3.8) is 0 Å². The highest BCUT2D eigenvalue weighted by Crippen LogP contribution is 2.44. The standard InChI is InChI=1S/C90H174N2O20P2S2/c1-5-9-13-17-21-25-29-33-37-41-45-49-53-57-61-65-87(97)105-77-83(111-89(99)67-63-59-55-51-47-43-39-35-31-27-23-19-15-11-7-3)79-109-113(101,102)107-75-81(73-93)91-85(95)69-71-115-116-72-70-86(96)92-82(74-94)76-108-114(103,104)110-80-84(112-90(100)68-64-60-56-52-48-44-40-36-32-28-24-20-16-12-8-4)78-106-88(98)66-62-58-54-50-46-42-38-34-30-26-22-18-14-10-6-2/h81-84,93-94H,5-80H2,1-4H3,(H,91,95)(H,92,96)(H,101,102)(H,103,104)/t81-,82-,83-,84-/m1/s1. The zero-order valence-electron chi connectivity index (χ0n) is 74.1. The number of carbonyl (C=O) groups is 6. The fourth-order valence-electron chi connectivity index (χ4n) is 13.9. The molecular weight excluding hydrogens is 1560 g/mol. The quantitative estimate of drug-likeness (QED) is 0.0108. The molecule has 0 saturated carbocycles. The number of ether oxygens (including phenoxy) is 4. The fourth-order valence-corrected chi connectivity index (χ4v) is 17.4. The number of carbonyl (C=O) groups excluding carboxylic acids is 6. The Hall–Kier alpha value is -2.34. The molecule has 0 aliphatic rings. The summed E-state index contributed by atoms with van der Waals surface area (Å²) in [7, 11) is -7.15. The fraction of sp³-hybridized carbons (Fsp3) is 0.933. The molecular formula is C90H174N2O20P2S2. The van der Waals surface area contributed by atoms with Gasteiger partial charge in [-0.2, -0.15) is 0 Å². The third kappa shape index (κ3) is 82.6. The van der Waals surface area contributed by atoms with Crippen LogP contribution in [0.1, 0.15) is 451 Å². The van der Waals surface area contributed by atoms with Crippen LogP contribution in [0.4, 0.5) is 0 Å². The van der Waals surface area contributed by atoms with E-state index in [1.54, 1.807) is 0 Å². The van der Waals surface area contributed by atoms with E-state index >= 15 is 0 Å². The Morgan fingerprint density at radius 2 is 0.457 bits per heavy atom. The van der Waals surface area contributed by atoms with Crippen molar-refractivity contribution in [3.05, 3.63) is 0 Å². The van der Waals surface area contributed by atoms with E-state index in [0.29, 0.717) is 25.7 Å². The molecule has 0 aliphatic heterocycles. The Bertz CT molecular complexity index is 2200. The molecule has 6 N–H and O–H groups in total. The van der Waals surface area contributed by atoms with Crippen molar-refractivity contribution >= 4 is 72.9 Å². The van der Waals surface area contributed by atoms with Crippen LogP contribution in [0.5, 0.6) is 0 Å². The van der Waals surface area contributed by atoms with Crippen molar-refractivity contribution in [1.82, 2.24) is 10.6 Å². The maximum absolute atomic E-state index is 13.1. The molecule has 0 bridgehead atoms. The van der Waals surface area contributed by atoms with Gasteiger partial charge in [-0.3, -0.25) is 46.9 Å². The van der Waals surface area contributed by atoms with Crippen molar-refractivity contribution in [1.29, 1.82) is 0 Å². The molecule has 2 amide bonds. The summed E-state index contributed by atoms with van der Waals surface area (Å²) in [5.41, 5.74) is 0. The second kappa shape index (κ2) is 86.2. The zero-order valence-corrected chi connectivity index (χ0v) is 77.5. The molecule has 0 aromatic rings. The molecule has 116 heavy (non-hydrogen) atoms. The first-order chi connectivity index (χ1) is 56.4. The van der Waals surface area contributed by atoms with Gasteiger partial charge in [0, 0.05) is 50.0 Å². The molecule has 22 nitrogen and oxygen atoms in total. The van der Waals surface area contributed by atoms with Crippen LogP contribution in [0, 0.1) is 0 Å². The van der Waals surface area contributed by atoms with Crippen LogP contribution in [0.3, 0.4) is 0 Å². The van der Waals surface area contributed by atoms with Gasteiger partial charge in [0.1, 0.15) is 13.2 Å². The van der Waals surface area contributed by atoms with E-state index in [2.05, 4.69) is 38.3 Å². The van der Waals surface area contributed by atoms with E-state index in [0.717, 1.165) is 89.9 Å². The molecule has 26 heteroatoms. The maximum atomic E-state index is 13.1. The second-order valence-corrected chi connectivity index (χ2v) is 38.2. The number of phosphoric acid groups is 2. The number of hydrogen-bond acceptors (Lipinski definition) is 20. The summed E-state index contributed by atoms with van der Waals surface area (Å²) in [6.07, 6.45) is 69.4. The normalized spacial score (nSPS) is 13.7. The molecule has 2 unspecified atom stereocenters. The van der Waals surface area contributed by atoms with Crippen molar-refractivity contribution in [2.24, 2.45) is 0 Å². The molecule has 6 atom stereocenters. The van der Waals surface area contributed by atoms with Gasteiger partial charge in [0.05, 0.1) is 51.7 Å². The van der Waals surface area contributed by atoms with Crippen LogP contribution in [0.15, 0.2) is 0 Å². The van der Waals surface area contributed by atoms with Gasteiger partial charge in [-0.1, -0.05) is 409 Å². The van der Waals surface area contributed by atoms with E-state index in [4.69, 9.17) is 37.0 Å². The average molecular weight is 1730 g/mol. The predicted octanol–water partition coefficient (Wildman–Crippen LogP) is 24.3. The van der Waals surface area contributed by atoms with Crippen LogP contribution < -0.4 is 10.6 Å². The lowest BCUT2D eigenvalue weighted by Gasteiger charge is -2.21. The largest absolute Gasteiger partial charge is 0.472 e. The molecule has 0 aliphatic carbocycles. The van der Waals surface area contributed by atoms with E-state index in [1.165, 1.54) is 291 Å². The highest BCUT2D eigenvalue weighted by molar-refractivity contribution is 8.76. The topological polar surface area (TPSA) is 315 Å². The number of unbranched alkanes of at least 4 members (excludes halogenated alkanes) is 56. The number of amides is 2. The van der Waals surface area contributed by atoms with Crippen LogP contribution in [0.25, 0.3) is 0 Å². The molecule has 0 heterocycles. The second-order valence-electron chi connectivity index (χ2n) is 32.5. The van der Waals surface area contributed by atoms with Crippen molar-refractivity contribution < 1.29 is 94.9 Å². The third-order valence-electron chi connectivity index (χ3n) is 21.2. The van der Waals surface area contributed by atoms with Gasteiger partial charge >= 0.3 is 39.5 Å². The first-order valence-corrected chi connectivity index (χ1v) is 52.9. The monoisotopic (exact) mass is 1730 g/mol. The first kappa shape index (κ1) is 114. The van der Waals surface area contributed by atoms with Crippen LogP contribution >= 0.6 is 37.2 Å². The predicted molar refractivity (Wildman–Crippen MR) is 476 cm³/mol. The Morgan fingerprint density at radius 1 is 0.267 bits per heavy atom. The number of nitrogens with one attached hydrogen (secondary N) is 2. The number of esters is 4. The molecule has 0 spiro atoms. The molecule has 0 rings (SSSR count). The van der Waals surface area contributed by atoms with Gasteiger partial charge in [-0.15, -0.1) is 0 Å². The lowest BCUT2D eigenvalue weighted by atomic mass is 10.0. The van der Waals surface area contributed by atoms with Gasteiger partial charge in [0.15, 0.2) is 12.2 Å². The smallest absolute Gasteiger partial charge is 0.462 e. The van der Waals surface area contributed by atoms with Crippen molar-refractivity contribution in [2.45, 2.75) is 476 Å². The molecule has 0 saturated heterocycles. The van der Waals surface area contributed by atoms with Crippen molar-refractivity contribution in [2.75, 3.05) is 64.4 Å². The van der Waals surface area contributed by atoms with E-state index < -0.39 is 115 Å². The van der Waals surface area contributed by atoms with Gasteiger partial charge in [0.25, 0.3) is 0 Å². The summed E-state index contributed by atoms with van der Waals surface area (Å²) in [5.74, 6) is -2.48.